The molecule has 0 unspecified atom stereocenters. The van der Waals surface area contributed by atoms with Crippen LogP contribution in [-0.2, 0) is 0 Å². The smallest absolute Gasteiger partial charge is 0.0714 e. The Morgan fingerprint density at radius 1 is 1.31 bits per heavy atom. The third-order valence-corrected chi connectivity index (χ3v) is 3.89. The molecule has 0 bridgehead atoms. The fraction of sp³-hybridized carbons (Fsp3) is 0.308. The average Bonchev–Trinajstić information content (AvgIpc) is 2.27. The van der Waals surface area contributed by atoms with E-state index in [0.717, 1.165) is 22.3 Å². The van der Waals surface area contributed by atoms with Gasteiger partial charge in [0.05, 0.1) is 17.4 Å². The summed E-state index contributed by atoms with van der Waals surface area (Å²) in [5.41, 5.74) is 7.79. The summed E-state index contributed by atoms with van der Waals surface area (Å²) < 4.78 is 0. The summed E-state index contributed by atoms with van der Waals surface area (Å²) in [5, 5.41) is 1.16. The zero-order valence-electron chi connectivity index (χ0n) is 9.60. The molecule has 2 aromatic rings. The molecule has 0 saturated carbocycles. The van der Waals surface area contributed by atoms with Crippen LogP contribution in [0.4, 0.5) is 5.69 Å². The minimum atomic E-state index is 0.663. The van der Waals surface area contributed by atoms with Crippen molar-refractivity contribution in [2.45, 2.75) is 18.7 Å². The molecule has 0 radical (unpaired) electrons. The van der Waals surface area contributed by atoms with E-state index < -0.39 is 0 Å². The van der Waals surface area contributed by atoms with Gasteiger partial charge in [-0.1, -0.05) is 32.0 Å². The first-order valence-electron chi connectivity index (χ1n) is 5.44. The van der Waals surface area contributed by atoms with Crippen molar-refractivity contribution in [3.8, 4) is 0 Å². The van der Waals surface area contributed by atoms with Crippen LogP contribution in [0.1, 0.15) is 13.8 Å². The van der Waals surface area contributed by atoms with Crippen molar-refractivity contribution in [1.29, 1.82) is 0 Å². The monoisotopic (exact) mass is 232 g/mol. The lowest BCUT2D eigenvalue weighted by molar-refractivity contribution is 0.750. The number of nitrogens with two attached hydrogens (primary N) is 1. The first-order valence-corrected chi connectivity index (χ1v) is 6.43. The summed E-state index contributed by atoms with van der Waals surface area (Å²) in [6.07, 6.45) is 1.75. The van der Waals surface area contributed by atoms with Crippen LogP contribution in [0.5, 0.6) is 0 Å². The van der Waals surface area contributed by atoms with Gasteiger partial charge in [-0.05, 0) is 12.0 Å². The molecule has 0 atom stereocenters. The van der Waals surface area contributed by atoms with Crippen LogP contribution < -0.4 is 5.73 Å². The van der Waals surface area contributed by atoms with Gasteiger partial charge in [-0.25, -0.2) is 0 Å². The molecule has 0 aliphatic carbocycles. The normalized spacial score (nSPS) is 11.2. The zero-order chi connectivity index (χ0) is 11.5. The number of hydrogen-bond donors (Lipinski definition) is 1. The number of thioether (sulfide) groups is 1. The molecule has 3 heteroatoms. The summed E-state index contributed by atoms with van der Waals surface area (Å²) in [7, 11) is 0. The second kappa shape index (κ2) is 4.74. The van der Waals surface area contributed by atoms with Crippen LogP contribution in [0.25, 0.3) is 10.9 Å². The van der Waals surface area contributed by atoms with Crippen LogP contribution >= 0.6 is 11.8 Å². The van der Waals surface area contributed by atoms with Crippen molar-refractivity contribution in [2.24, 2.45) is 5.92 Å². The molecule has 16 heavy (non-hydrogen) atoms. The quantitative estimate of drug-likeness (QED) is 0.822. The van der Waals surface area contributed by atoms with Crippen molar-refractivity contribution in [1.82, 2.24) is 4.98 Å². The summed E-state index contributed by atoms with van der Waals surface area (Å²) in [6, 6.07) is 8.14. The first kappa shape index (κ1) is 11.3. The number of benzene rings is 1. The molecule has 84 valence electrons. The van der Waals surface area contributed by atoms with Gasteiger partial charge in [0.25, 0.3) is 0 Å². The van der Waals surface area contributed by atoms with Crippen LogP contribution in [0.3, 0.4) is 0 Å². The van der Waals surface area contributed by atoms with Gasteiger partial charge in [-0.3, -0.25) is 4.98 Å². The summed E-state index contributed by atoms with van der Waals surface area (Å²) >= 11 is 1.82. The van der Waals surface area contributed by atoms with Crippen LogP contribution in [0.2, 0.25) is 0 Å². The van der Waals surface area contributed by atoms with Gasteiger partial charge < -0.3 is 5.73 Å². The second-order valence-electron chi connectivity index (χ2n) is 4.26. The van der Waals surface area contributed by atoms with Gasteiger partial charge in [-0.2, -0.15) is 0 Å². The van der Waals surface area contributed by atoms with E-state index in [1.807, 2.05) is 30.0 Å². The van der Waals surface area contributed by atoms with E-state index in [0.29, 0.717) is 5.92 Å². The third-order valence-electron chi connectivity index (χ3n) is 2.31. The zero-order valence-corrected chi connectivity index (χ0v) is 10.4. The molecule has 0 aliphatic heterocycles. The highest BCUT2D eigenvalue weighted by molar-refractivity contribution is 7.99. The number of rotatable bonds is 3. The minimum absolute atomic E-state index is 0.663. The predicted molar refractivity (Wildman–Crippen MR) is 71.7 cm³/mol. The maximum Gasteiger partial charge on any atom is 0.0714 e. The summed E-state index contributed by atoms with van der Waals surface area (Å²) in [5.74, 6) is 1.74. The van der Waals surface area contributed by atoms with E-state index in [1.54, 1.807) is 6.20 Å². The highest BCUT2D eigenvalue weighted by Gasteiger charge is 2.07. The lowest BCUT2D eigenvalue weighted by Crippen LogP contribution is -1.96. The minimum Gasteiger partial charge on any atom is -0.397 e. The van der Waals surface area contributed by atoms with E-state index in [2.05, 4.69) is 24.9 Å². The lowest BCUT2D eigenvalue weighted by atomic mass is 10.2. The molecule has 2 rings (SSSR count). The Bertz CT molecular complexity index is 494. The van der Waals surface area contributed by atoms with Crippen LogP contribution in [0.15, 0.2) is 35.4 Å². The fourth-order valence-electron chi connectivity index (χ4n) is 1.54. The number of hydrogen-bond acceptors (Lipinski definition) is 3. The number of fused-ring (bicyclic) bond motifs is 1. The highest BCUT2D eigenvalue weighted by Crippen LogP contribution is 2.32. The van der Waals surface area contributed by atoms with Gasteiger partial charge in [0.2, 0.25) is 0 Å². The first-order chi connectivity index (χ1) is 7.68. The average molecular weight is 232 g/mol. The number of nitrogens with zero attached hydrogens (tertiary/aromatic N) is 1. The molecular weight excluding hydrogens is 216 g/mol. The summed E-state index contributed by atoms with van der Waals surface area (Å²) in [6.45, 7) is 4.43. The van der Waals surface area contributed by atoms with Crippen molar-refractivity contribution in [3.05, 3.63) is 30.5 Å². The number of pyridine rings is 1. The molecule has 0 fully saturated rings. The second-order valence-corrected chi connectivity index (χ2v) is 5.29. The van der Waals surface area contributed by atoms with E-state index >= 15 is 0 Å². The predicted octanol–water partition coefficient (Wildman–Crippen LogP) is 3.57. The Labute approximate surface area is 100 Å². The molecule has 0 spiro atoms. The topological polar surface area (TPSA) is 38.9 Å². The molecular formula is C13H16N2S. The van der Waals surface area contributed by atoms with Gasteiger partial charge in [-0.15, -0.1) is 11.8 Å². The van der Waals surface area contributed by atoms with Crippen molar-refractivity contribution in [3.63, 3.8) is 0 Å². The molecule has 0 saturated heterocycles. The SMILES string of the molecule is CC(C)CSc1c(N)cnc2ccccc12. The van der Waals surface area contributed by atoms with E-state index in [9.17, 15) is 0 Å². The Morgan fingerprint density at radius 2 is 2.06 bits per heavy atom. The fourth-order valence-corrected chi connectivity index (χ4v) is 2.59. The number of nitrogen functional groups attached to an aromatic ring is 1. The van der Waals surface area contributed by atoms with E-state index in [-0.39, 0.29) is 0 Å². The number of anilines is 1. The Hall–Kier alpha value is -1.22. The van der Waals surface area contributed by atoms with Gasteiger partial charge in [0, 0.05) is 16.0 Å². The molecule has 0 aliphatic rings. The van der Waals surface area contributed by atoms with Crippen molar-refractivity contribution < 1.29 is 0 Å². The van der Waals surface area contributed by atoms with Crippen molar-refractivity contribution in [2.75, 3.05) is 11.5 Å². The van der Waals surface area contributed by atoms with Crippen LogP contribution in [0, 0.1) is 5.92 Å². The molecule has 1 aromatic carbocycles. The maximum absolute atomic E-state index is 5.99. The van der Waals surface area contributed by atoms with Crippen LogP contribution in [-0.4, -0.2) is 10.7 Å². The molecule has 2 nitrogen and oxygen atoms in total. The maximum atomic E-state index is 5.99. The van der Waals surface area contributed by atoms with Crippen molar-refractivity contribution >= 4 is 28.4 Å². The molecule has 2 N–H and O–H groups in total. The van der Waals surface area contributed by atoms with Gasteiger partial charge >= 0.3 is 0 Å². The van der Waals surface area contributed by atoms with E-state index in [1.165, 1.54) is 4.90 Å². The number of para-hydroxylation sites is 1. The third kappa shape index (κ3) is 2.30. The van der Waals surface area contributed by atoms with E-state index in [4.69, 9.17) is 5.73 Å². The molecule has 1 heterocycles. The Balaban J connectivity index is 2.44. The highest BCUT2D eigenvalue weighted by atomic mass is 32.2. The Morgan fingerprint density at radius 3 is 2.81 bits per heavy atom. The molecule has 0 amide bonds. The lowest BCUT2D eigenvalue weighted by Gasteiger charge is -2.10. The number of aromatic nitrogens is 1. The molecule has 1 aromatic heterocycles. The van der Waals surface area contributed by atoms with Gasteiger partial charge in [0.15, 0.2) is 0 Å². The largest absolute Gasteiger partial charge is 0.397 e. The standard InChI is InChI=1S/C13H16N2S/c1-9(2)8-16-13-10-5-3-4-6-12(10)15-7-11(13)14/h3-7,9H,8,14H2,1-2H3. The van der Waals surface area contributed by atoms with Gasteiger partial charge in [0.1, 0.15) is 0 Å². The summed E-state index contributed by atoms with van der Waals surface area (Å²) in [4.78, 5) is 5.50. The Kier molecular flexibility index (Phi) is 3.34.